The van der Waals surface area contributed by atoms with Gasteiger partial charge in [-0.25, -0.2) is 0 Å². The predicted molar refractivity (Wildman–Crippen MR) is 149 cm³/mol. The molecule has 1 saturated heterocycles. The smallest absolute Gasteiger partial charge is 0.267 e. The third kappa shape index (κ3) is 5.00. The Balaban J connectivity index is 1.37. The van der Waals surface area contributed by atoms with Crippen LogP contribution in [-0.4, -0.2) is 47.1 Å². The zero-order chi connectivity index (χ0) is 25.9. The number of para-hydroxylation sites is 1. The summed E-state index contributed by atoms with van der Waals surface area (Å²) in [7, 11) is 1.57. The molecule has 0 aliphatic carbocycles. The van der Waals surface area contributed by atoms with Crippen LogP contribution in [0.15, 0.2) is 83.8 Å². The lowest BCUT2D eigenvalue weighted by atomic mass is 10.1. The van der Waals surface area contributed by atoms with Crippen molar-refractivity contribution in [3.05, 3.63) is 94.9 Å². The van der Waals surface area contributed by atoms with E-state index in [1.165, 1.54) is 4.90 Å². The number of nitrogens with zero attached hydrogens (tertiary/aromatic N) is 2. The van der Waals surface area contributed by atoms with Crippen molar-refractivity contribution in [2.45, 2.75) is 6.42 Å². The lowest BCUT2D eigenvalue weighted by Gasteiger charge is -2.17. The van der Waals surface area contributed by atoms with E-state index in [1.807, 2.05) is 36.4 Å². The number of hydrogen-bond donors (Lipinski definition) is 1. The fourth-order valence-electron chi connectivity index (χ4n) is 4.30. The summed E-state index contributed by atoms with van der Waals surface area (Å²) in [6.45, 7) is 0.231. The number of thiocarbonyl (C=S) groups is 1. The molecule has 1 N–H and O–H groups in total. The van der Waals surface area contributed by atoms with E-state index in [9.17, 15) is 14.4 Å². The molecule has 0 radical (unpaired) electrons. The van der Waals surface area contributed by atoms with Gasteiger partial charge < -0.3 is 10.1 Å². The summed E-state index contributed by atoms with van der Waals surface area (Å²) in [6.07, 6.45) is 0.651. The van der Waals surface area contributed by atoms with Crippen LogP contribution in [0.3, 0.4) is 0 Å². The minimum Gasteiger partial charge on any atom is -0.497 e. The quantitative estimate of drug-likeness (QED) is 0.359. The average Bonchev–Trinajstić information content (AvgIpc) is 3.35. The summed E-state index contributed by atoms with van der Waals surface area (Å²) in [6, 6.07) is 24.0. The molecule has 7 nitrogen and oxygen atoms in total. The van der Waals surface area contributed by atoms with E-state index >= 15 is 0 Å². The number of fused-ring (bicyclic) bond motifs is 1. The van der Waals surface area contributed by atoms with Crippen LogP contribution in [0, 0.1) is 0 Å². The second-order valence-electron chi connectivity index (χ2n) is 8.45. The largest absolute Gasteiger partial charge is 0.497 e. The van der Waals surface area contributed by atoms with Crippen molar-refractivity contribution in [2.75, 3.05) is 30.4 Å². The van der Waals surface area contributed by atoms with Gasteiger partial charge in [0.05, 0.1) is 23.3 Å². The first-order valence-electron chi connectivity index (χ1n) is 11.6. The minimum atomic E-state index is -0.394. The molecule has 0 saturated carbocycles. The standard InChI is InChI=1S/C28H23N3O4S2/c1-35-20-13-11-19(12-14-20)29-23(32)17-31-22-10-6-5-9-21(22)24(26(31)33)25-27(34)30(28(36)37-25)16-15-18-7-3-2-4-8-18/h2-14H,15-17H2,1H3,(H,29,32)/b25-24-. The zero-order valence-corrected chi connectivity index (χ0v) is 21.6. The van der Waals surface area contributed by atoms with E-state index in [1.54, 1.807) is 54.5 Å². The average molecular weight is 530 g/mol. The van der Waals surface area contributed by atoms with Gasteiger partial charge in [-0.2, -0.15) is 0 Å². The molecule has 0 spiro atoms. The number of thioether (sulfide) groups is 1. The minimum absolute atomic E-state index is 0.195. The molecule has 3 aromatic carbocycles. The second-order valence-corrected chi connectivity index (χ2v) is 10.1. The molecule has 0 bridgehead atoms. The maximum atomic E-state index is 13.6. The molecular weight excluding hydrogens is 506 g/mol. The highest BCUT2D eigenvalue weighted by Gasteiger charge is 2.42. The summed E-state index contributed by atoms with van der Waals surface area (Å²) in [5.74, 6) is -0.361. The number of hydrogen-bond acceptors (Lipinski definition) is 6. The number of nitrogens with one attached hydrogen (secondary N) is 1. The van der Waals surface area contributed by atoms with Gasteiger partial charge >= 0.3 is 0 Å². The highest BCUT2D eigenvalue weighted by atomic mass is 32.2. The van der Waals surface area contributed by atoms with Crippen molar-refractivity contribution in [1.82, 2.24) is 4.90 Å². The molecule has 0 atom stereocenters. The van der Waals surface area contributed by atoms with Crippen LogP contribution in [0.25, 0.3) is 5.57 Å². The lowest BCUT2D eigenvalue weighted by Crippen LogP contribution is -2.35. The Morgan fingerprint density at radius 3 is 2.35 bits per heavy atom. The normalized spacial score (nSPS) is 16.8. The summed E-state index contributed by atoms with van der Waals surface area (Å²) >= 11 is 6.64. The number of carbonyl (C=O) groups is 3. The molecular formula is C28H23N3O4S2. The fourth-order valence-corrected chi connectivity index (χ4v) is 5.68. The summed E-state index contributed by atoms with van der Waals surface area (Å²) in [4.78, 5) is 43.1. The van der Waals surface area contributed by atoms with Crippen LogP contribution in [-0.2, 0) is 20.8 Å². The van der Waals surface area contributed by atoms with Crippen molar-refractivity contribution in [3.63, 3.8) is 0 Å². The Labute approximate surface area is 224 Å². The third-order valence-electron chi connectivity index (χ3n) is 6.14. The summed E-state index contributed by atoms with van der Waals surface area (Å²) in [5.41, 5.74) is 3.17. The molecule has 3 amide bonds. The van der Waals surface area contributed by atoms with E-state index in [-0.39, 0.29) is 23.9 Å². The molecule has 37 heavy (non-hydrogen) atoms. The first kappa shape index (κ1) is 24.7. The number of amides is 3. The summed E-state index contributed by atoms with van der Waals surface area (Å²) in [5, 5.41) is 2.81. The number of ether oxygens (including phenoxy) is 1. The molecule has 2 heterocycles. The molecule has 3 aromatic rings. The van der Waals surface area contributed by atoms with Crippen LogP contribution in [0.1, 0.15) is 11.1 Å². The Hall–Kier alpha value is -3.95. The van der Waals surface area contributed by atoms with Gasteiger partial charge in [-0.05, 0) is 42.3 Å². The molecule has 2 aliphatic rings. The van der Waals surface area contributed by atoms with Gasteiger partial charge in [-0.15, -0.1) is 0 Å². The van der Waals surface area contributed by atoms with E-state index in [2.05, 4.69) is 5.32 Å². The number of anilines is 2. The van der Waals surface area contributed by atoms with Gasteiger partial charge in [0.15, 0.2) is 0 Å². The topological polar surface area (TPSA) is 79.0 Å². The number of benzene rings is 3. The molecule has 186 valence electrons. The summed E-state index contributed by atoms with van der Waals surface area (Å²) < 4.78 is 5.56. The Kier molecular flexibility index (Phi) is 7.07. The van der Waals surface area contributed by atoms with Crippen LogP contribution in [0.5, 0.6) is 5.75 Å². The van der Waals surface area contributed by atoms with Crippen LogP contribution >= 0.6 is 24.0 Å². The maximum absolute atomic E-state index is 13.6. The number of methoxy groups -OCH3 is 1. The molecule has 0 aromatic heterocycles. The first-order valence-corrected chi connectivity index (χ1v) is 12.9. The molecule has 1 fully saturated rings. The Morgan fingerprint density at radius 2 is 1.62 bits per heavy atom. The van der Waals surface area contributed by atoms with Gasteiger partial charge in [0.1, 0.15) is 16.6 Å². The van der Waals surface area contributed by atoms with E-state index < -0.39 is 5.91 Å². The maximum Gasteiger partial charge on any atom is 0.267 e. The second kappa shape index (κ2) is 10.6. The Morgan fingerprint density at radius 1 is 0.919 bits per heavy atom. The van der Waals surface area contributed by atoms with Crippen molar-refractivity contribution < 1.29 is 19.1 Å². The first-order chi connectivity index (χ1) is 18.0. The van der Waals surface area contributed by atoms with Crippen molar-refractivity contribution >= 4 is 63.0 Å². The zero-order valence-electron chi connectivity index (χ0n) is 20.0. The van der Waals surface area contributed by atoms with Crippen LogP contribution in [0.2, 0.25) is 0 Å². The molecule has 0 unspecified atom stereocenters. The fraction of sp³-hybridized carbons (Fsp3) is 0.143. The number of carbonyl (C=O) groups excluding carboxylic acids is 3. The molecule has 5 rings (SSSR count). The van der Waals surface area contributed by atoms with E-state index in [0.29, 0.717) is 44.9 Å². The highest BCUT2D eigenvalue weighted by molar-refractivity contribution is 8.26. The van der Waals surface area contributed by atoms with Crippen LogP contribution in [0.4, 0.5) is 11.4 Å². The molecule has 9 heteroatoms. The third-order valence-corrected chi connectivity index (χ3v) is 7.59. The van der Waals surface area contributed by atoms with Gasteiger partial charge in [0, 0.05) is 17.8 Å². The van der Waals surface area contributed by atoms with Crippen molar-refractivity contribution in [1.29, 1.82) is 0 Å². The SMILES string of the molecule is COc1ccc(NC(=O)CN2C(=O)/C(=C3\SC(=S)N(CCc4ccccc4)C3=O)c3ccccc32)cc1. The van der Waals surface area contributed by atoms with Crippen molar-refractivity contribution in [2.24, 2.45) is 0 Å². The van der Waals surface area contributed by atoms with E-state index in [4.69, 9.17) is 17.0 Å². The number of rotatable bonds is 7. The van der Waals surface area contributed by atoms with Crippen LogP contribution < -0.4 is 15.0 Å². The van der Waals surface area contributed by atoms with Crippen molar-refractivity contribution in [3.8, 4) is 5.75 Å². The molecule has 2 aliphatic heterocycles. The monoisotopic (exact) mass is 529 g/mol. The van der Waals surface area contributed by atoms with Gasteiger partial charge in [0.2, 0.25) is 5.91 Å². The lowest BCUT2D eigenvalue weighted by molar-refractivity contribution is -0.122. The van der Waals surface area contributed by atoms with Gasteiger partial charge in [-0.1, -0.05) is 72.5 Å². The van der Waals surface area contributed by atoms with E-state index in [0.717, 1.165) is 17.3 Å². The predicted octanol–water partition coefficient (Wildman–Crippen LogP) is 4.49. The highest BCUT2D eigenvalue weighted by Crippen LogP contribution is 2.44. The Bertz CT molecular complexity index is 1420. The van der Waals surface area contributed by atoms with Gasteiger partial charge in [0.25, 0.3) is 11.8 Å². The van der Waals surface area contributed by atoms with Gasteiger partial charge in [-0.3, -0.25) is 24.2 Å².